The fourth-order valence-corrected chi connectivity index (χ4v) is 2.95. The molecule has 1 aromatic rings. The van der Waals surface area contributed by atoms with Gasteiger partial charge in [-0.25, -0.2) is 0 Å². The van der Waals surface area contributed by atoms with Crippen molar-refractivity contribution >= 4 is 5.91 Å². The van der Waals surface area contributed by atoms with E-state index in [0.29, 0.717) is 49.2 Å². The van der Waals surface area contributed by atoms with Crippen LogP contribution in [0.25, 0.3) is 0 Å². The molecule has 27 heavy (non-hydrogen) atoms. The number of carbonyl (C=O) groups is 1. The molecule has 0 unspecified atom stereocenters. The summed E-state index contributed by atoms with van der Waals surface area (Å²) < 4.78 is 22.4. The van der Waals surface area contributed by atoms with Crippen LogP contribution in [0.3, 0.4) is 0 Å². The number of hydrogen-bond donors (Lipinski definition) is 1. The zero-order valence-electron chi connectivity index (χ0n) is 16.7. The number of nitrogens with zero attached hydrogens (tertiary/aromatic N) is 1. The van der Waals surface area contributed by atoms with Gasteiger partial charge in [0, 0.05) is 25.2 Å². The third-order valence-electron chi connectivity index (χ3n) is 4.21. The second kappa shape index (κ2) is 11.7. The van der Waals surface area contributed by atoms with Crippen LogP contribution in [-0.2, 0) is 4.74 Å². The Morgan fingerprint density at radius 1 is 1.04 bits per heavy atom. The van der Waals surface area contributed by atoms with Gasteiger partial charge in [-0.15, -0.1) is 0 Å². The molecule has 7 nitrogen and oxygen atoms in total. The van der Waals surface area contributed by atoms with E-state index < -0.39 is 0 Å². The van der Waals surface area contributed by atoms with Crippen molar-refractivity contribution in [1.82, 2.24) is 10.2 Å². The van der Waals surface area contributed by atoms with Crippen molar-refractivity contribution < 1.29 is 23.7 Å². The summed E-state index contributed by atoms with van der Waals surface area (Å²) in [5.74, 6) is 1.47. The van der Waals surface area contributed by atoms with Crippen molar-refractivity contribution in [2.45, 2.75) is 27.2 Å². The maximum absolute atomic E-state index is 12.6. The molecule has 1 fully saturated rings. The first-order valence-corrected chi connectivity index (χ1v) is 9.84. The van der Waals surface area contributed by atoms with E-state index >= 15 is 0 Å². The Bertz CT molecular complexity index is 561. The van der Waals surface area contributed by atoms with Crippen LogP contribution in [0.2, 0.25) is 0 Å². The van der Waals surface area contributed by atoms with Gasteiger partial charge in [-0.05, 0) is 45.9 Å². The largest absolute Gasteiger partial charge is 0.490 e. The van der Waals surface area contributed by atoms with Gasteiger partial charge in [0.1, 0.15) is 0 Å². The quantitative estimate of drug-likeness (QED) is 0.594. The summed E-state index contributed by atoms with van der Waals surface area (Å²) in [6.45, 7) is 12.2. The molecule has 1 saturated heterocycles. The summed E-state index contributed by atoms with van der Waals surface area (Å²) in [5.41, 5.74) is 0.511. The molecule has 1 amide bonds. The highest BCUT2D eigenvalue weighted by atomic mass is 16.5. The first kappa shape index (κ1) is 21.3. The Balaban J connectivity index is 1.98. The number of ether oxygens (including phenoxy) is 4. The number of amides is 1. The lowest BCUT2D eigenvalue weighted by molar-refractivity contribution is 0.0374. The van der Waals surface area contributed by atoms with E-state index in [1.165, 1.54) is 0 Å². The zero-order chi connectivity index (χ0) is 19.5. The minimum Gasteiger partial charge on any atom is -0.490 e. The van der Waals surface area contributed by atoms with Crippen LogP contribution in [0.1, 0.15) is 37.6 Å². The third kappa shape index (κ3) is 6.59. The van der Waals surface area contributed by atoms with Crippen LogP contribution in [0.4, 0.5) is 0 Å². The molecule has 0 aliphatic carbocycles. The van der Waals surface area contributed by atoms with Gasteiger partial charge >= 0.3 is 0 Å². The molecule has 1 heterocycles. The van der Waals surface area contributed by atoms with Crippen molar-refractivity contribution in [2.24, 2.45) is 0 Å². The molecule has 7 heteroatoms. The van der Waals surface area contributed by atoms with Crippen LogP contribution in [-0.4, -0.2) is 70.0 Å². The molecule has 0 spiro atoms. The molecule has 0 atom stereocenters. The number of nitrogens with one attached hydrogen (secondary N) is 1. The molecular weight excluding hydrogens is 348 g/mol. The Hall–Kier alpha value is -1.99. The molecule has 1 aliphatic heterocycles. The highest BCUT2D eigenvalue weighted by molar-refractivity contribution is 5.95. The maximum Gasteiger partial charge on any atom is 0.251 e. The number of rotatable bonds is 11. The van der Waals surface area contributed by atoms with Gasteiger partial charge in [-0.1, -0.05) is 0 Å². The second-order valence-electron chi connectivity index (χ2n) is 6.16. The van der Waals surface area contributed by atoms with E-state index in [2.05, 4.69) is 10.2 Å². The van der Waals surface area contributed by atoms with Gasteiger partial charge in [-0.3, -0.25) is 9.69 Å². The normalized spacial score (nSPS) is 14.6. The van der Waals surface area contributed by atoms with Crippen LogP contribution < -0.4 is 19.5 Å². The molecule has 152 valence electrons. The molecule has 2 rings (SSSR count). The Kier molecular flexibility index (Phi) is 9.21. The van der Waals surface area contributed by atoms with Gasteiger partial charge in [0.2, 0.25) is 5.75 Å². The average molecular weight is 380 g/mol. The summed E-state index contributed by atoms with van der Waals surface area (Å²) in [6.07, 6.45) is 0.902. The van der Waals surface area contributed by atoms with E-state index in [4.69, 9.17) is 18.9 Å². The monoisotopic (exact) mass is 380 g/mol. The minimum atomic E-state index is -0.137. The van der Waals surface area contributed by atoms with E-state index in [9.17, 15) is 4.79 Å². The molecule has 0 bridgehead atoms. The summed E-state index contributed by atoms with van der Waals surface area (Å²) in [4.78, 5) is 14.9. The van der Waals surface area contributed by atoms with Gasteiger partial charge in [0.25, 0.3) is 5.91 Å². The van der Waals surface area contributed by atoms with Gasteiger partial charge in [0.15, 0.2) is 11.5 Å². The van der Waals surface area contributed by atoms with Crippen molar-refractivity contribution in [3.63, 3.8) is 0 Å². The lowest BCUT2D eigenvalue weighted by atomic mass is 10.1. The summed E-state index contributed by atoms with van der Waals surface area (Å²) in [6, 6.07) is 3.43. The van der Waals surface area contributed by atoms with E-state index in [1.54, 1.807) is 12.1 Å². The SMILES string of the molecule is CCOc1cc(C(=O)NCCCN2CCOCC2)cc(OCC)c1OCC. The topological polar surface area (TPSA) is 69.3 Å². The van der Waals surface area contributed by atoms with E-state index in [1.807, 2.05) is 20.8 Å². The van der Waals surface area contributed by atoms with Crippen LogP contribution >= 0.6 is 0 Å². The predicted molar refractivity (Wildman–Crippen MR) is 104 cm³/mol. The molecule has 0 aromatic heterocycles. The first-order chi connectivity index (χ1) is 13.2. The standard InChI is InChI=1S/C20H32N2O5/c1-4-25-17-14-16(15-18(26-5-2)19(17)27-6-3)20(23)21-8-7-9-22-10-12-24-13-11-22/h14-15H,4-13H2,1-3H3,(H,21,23). The highest BCUT2D eigenvalue weighted by Gasteiger charge is 2.18. The predicted octanol–water partition coefficient (Wildman–Crippen LogP) is 2.33. The van der Waals surface area contributed by atoms with Crippen LogP contribution in [0, 0.1) is 0 Å². The average Bonchev–Trinajstić information content (AvgIpc) is 2.68. The fraction of sp³-hybridized carbons (Fsp3) is 0.650. The van der Waals surface area contributed by atoms with Crippen molar-refractivity contribution in [3.05, 3.63) is 17.7 Å². The van der Waals surface area contributed by atoms with Crippen LogP contribution in [0.5, 0.6) is 17.2 Å². The van der Waals surface area contributed by atoms with Crippen LogP contribution in [0.15, 0.2) is 12.1 Å². The number of morpholine rings is 1. The lowest BCUT2D eigenvalue weighted by Crippen LogP contribution is -2.38. The molecule has 1 N–H and O–H groups in total. The number of carbonyl (C=O) groups excluding carboxylic acids is 1. The lowest BCUT2D eigenvalue weighted by Gasteiger charge is -2.26. The molecule has 0 saturated carbocycles. The van der Waals surface area contributed by atoms with Crippen molar-refractivity contribution in [3.8, 4) is 17.2 Å². The maximum atomic E-state index is 12.6. The smallest absolute Gasteiger partial charge is 0.251 e. The van der Waals surface area contributed by atoms with E-state index in [-0.39, 0.29) is 5.91 Å². The minimum absolute atomic E-state index is 0.137. The Morgan fingerprint density at radius 2 is 1.63 bits per heavy atom. The number of hydrogen-bond acceptors (Lipinski definition) is 6. The summed E-state index contributed by atoms with van der Waals surface area (Å²) in [5, 5.41) is 2.98. The van der Waals surface area contributed by atoms with E-state index in [0.717, 1.165) is 39.3 Å². The first-order valence-electron chi connectivity index (χ1n) is 9.84. The van der Waals surface area contributed by atoms with Gasteiger partial charge in [-0.2, -0.15) is 0 Å². The van der Waals surface area contributed by atoms with Crippen molar-refractivity contribution in [2.75, 3.05) is 59.2 Å². The Morgan fingerprint density at radius 3 is 2.19 bits per heavy atom. The number of benzene rings is 1. The fourth-order valence-electron chi connectivity index (χ4n) is 2.95. The molecule has 1 aliphatic rings. The molecule has 1 aromatic carbocycles. The highest BCUT2D eigenvalue weighted by Crippen LogP contribution is 2.39. The third-order valence-corrected chi connectivity index (χ3v) is 4.21. The second-order valence-corrected chi connectivity index (χ2v) is 6.16. The van der Waals surface area contributed by atoms with Crippen molar-refractivity contribution in [1.29, 1.82) is 0 Å². The summed E-state index contributed by atoms with van der Waals surface area (Å²) >= 11 is 0. The molecular formula is C20H32N2O5. The Labute approximate surface area is 161 Å². The van der Waals surface area contributed by atoms with Gasteiger partial charge in [0.05, 0.1) is 33.0 Å². The zero-order valence-corrected chi connectivity index (χ0v) is 16.7. The summed E-state index contributed by atoms with van der Waals surface area (Å²) in [7, 11) is 0. The molecule has 0 radical (unpaired) electrons. The van der Waals surface area contributed by atoms with Gasteiger partial charge < -0.3 is 24.3 Å².